The van der Waals surface area contributed by atoms with Gasteiger partial charge in [-0.3, -0.25) is 5.32 Å². The SMILES string of the molecule is CCC1NC(C(=O)OC(=O)O)Cc2c(-c3ccccc3)cccc21. The first kappa shape index (κ1) is 16.2. The number of hydrogen-bond donors (Lipinski definition) is 2. The van der Waals surface area contributed by atoms with Gasteiger partial charge in [0, 0.05) is 6.04 Å². The number of carbonyl (C=O) groups excluding carboxylic acids is 1. The molecule has 2 N–H and O–H groups in total. The van der Waals surface area contributed by atoms with Crippen LogP contribution in [0, 0.1) is 0 Å². The molecule has 5 nitrogen and oxygen atoms in total. The van der Waals surface area contributed by atoms with Crippen LogP contribution < -0.4 is 5.32 Å². The summed E-state index contributed by atoms with van der Waals surface area (Å²) in [6.45, 7) is 2.03. The molecule has 0 aromatic heterocycles. The lowest BCUT2D eigenvalue weighted by Gasteiger charge is -2.32. The molecule has 0 bridgehead atoms. The van der Waals surface area contributed by atoms with Crippen LogP contribution in [0.3, 0.4) is 0 Å². The molecule has 3 rings (SSSR count). The molecular formula is C19H19NO4. The van der Waals surface area contributed by atoms with Gasteiger partial charge in [0.05, 0.1) is 0 Å². The molecule has 0 spiro atoms. The standard InChI is InChI=1S/C19H19NO4/c1-2-16-14-10-6-9-13(12-7-4-3-5-8-12)15(14)11-17(20-16)18(21)24-19(22)23/h3-10,16-17,20H,2,11H2,1H3,(H,22,23). The van der Waals surface area contributed by atoms with E-state index < -0.39 is 18.2 Å². The Labute approximate surface area is 140 Å². The smallest absolute Gasteiger partial charge is 0.449 e. The van der Waals surface area contributed by atoms with Gasteiger partial charge in [-0.15, -0.1) is 0 Å². The number of fused-ring (bicyclic) bond motifs is 1. The van der Waals surface area contributed by atoms with Crippen molar-refractivity contribution in [3.8, 4) is 11.1 Å². The van der Waals surface area contributed by atoms with Crippen LogP contribution in [0.4, 0.5) is 4.79 Å². The van der Waals surface area contributed by atoms with Crippen LogP contribution in [0.1, 0.15) is 30.5 Å². The van der Waals surface area contributed by atoms with E-state index in [1.54, 1.807) is 0 Å². The number of hydrogen-bond acceptors (Lipinski definition) is 4. The van der Waals surface area contributed by atoms with Crippen molar-refractivity contribution in [2.45, 2.75) is 31.8 Å². The van der Waals surface area contributed by atoms with Crippen molar-refractivity contribution in [2.75, 3.05) is 0 Å². The first-order chi connectivity index (χ1) is 11.6. The highest BCUT2D eigenvalue weighted by Crippen LogP contribution is 2.35. The van der Waals surface area contributed by atoms with Crippen molar-refractivity contribution >= 4 is 12.1 Å². The van der Waals surface area contributed by atoms with Gasteiger partial charge in [0.2, 0.25) is 0 Å². The average Bonchev–Trinajstić information content (AvgIpc) is 2.60. The van der Waals surface area contributed by atoms with Gasteiger partial charge < -0.3 is 9.84 Å². The largest absolute Gasteiger partial charge is 0.513 e. The van der Waals surface area contributed by atoms with E-state index >= 15 is 0 Å². The van der Waals surface area contributed by atoms with Crippen LogP contribution in [-0.2, 0) is 16.0 Å². The molecule has 0 saturated carbocycles. The molecule has 0 amide bonds. The third-order valence-electron chi connectivity index (χ3n) is 4.36. The molecule has 1 heterocycles. The molecule has 2 atom stereocenters. The van der Waals surface area contributed by atoms with Gasteiger partial charge in [0.25, 0.3) is 0 Å². The Bertz CT molecular complexity index is 757. The van der Waals surface area contributed by atoms with Crippen molar-refractivity contribution in [1.29, 1.82) is 0 Å². The predicted molar refractivity (Wildman–Crippen MR) is 89.7 cm³/mol. The monoisotopic (exact) mass is 325 g/mol. The van der Waals surface area contributed by atoms with E-state index in [2.05, 4.69) is 16.1 Å². The predicted octanol–water partition coefficient (Wildman–Crippen LogP) is 3.54. The average molecular weight is 325 g/mol. The van der Waals surface area contributed by atoms with E-state index in [1.807, 2.05) is 49.4 Å². The van der Waals surface area contributed by atoms with E-state index in [4.69, 9.17) is 5.11 Å². The number of nitrogens with one attached hydrogen (secondary N) is 1. The van der Waals surface area contributed by atoms with Crippen molar-refractivity contribution in [1.82, 2.24) is 5.32 Å². The molecule has 2 aromatic rings. The summed E-state index contributed by atoms with van der Waals surface area (Å²) in [7, 11) is 0. The lowest BCUT2D eigenvalue weighted by atomic mass is 9.84. The molecule has 1 aliphatic rings. The summed E-state index contributed by atoms with van der Waals surface area (Å²) in [6, 6.07) is 15.4. The fourth-order valence-electron chi connectivity index (χ4n) is 3.29. The highest BCUT2D eigenvalue weighted by molar-refractivity contribution is 5.86. The Morgan fingerprint density at radius 3 is 2.58 bits per heavy atom. The number of carbonyl (C=O) groups is 2. The van der Waals surface area contributed by atoms with Gasteiger partial charge in [-0.2, -0.15) is 0 Å². The molecule has 0 fully saturated rings. The highest BCUT2D eigenvalue weighted by Gasteiger charge is 2.33. The van der Waals surface area contributed by atoms with E-state index in [1.165, 1.54) is 0 Å². The quantitative estimate of drug-likeness (QED) is 0.667. The maximum absolute atomic E-state index is 12.1. The third kappa shape index (κ3) is 3.16. The Hall–Kier alpha value is -2.66. The first-order valence-corrected chi connectivity index (χ1v) is 7.98. The van der Waals surface area contributed by atoms with Crippen molar-refractivity contribution < 1.29 is 19.4 Å². The molecule has 5 heteroatoms. The van der Waals surface area contributed by atoms with Gasteiger partial charge in [-0.05, 0) is 35.1 Å². The van der Waals surface area contributed by atoms with Gasteiger partial charge in [-0.1, -0.05) is 55.5 Å². The Morgan fingerprint density at radius 2 is 1.92 bits per heavy atom. The fourth-order valence-corrected chi connectivity index (χ4v) is 3.29. The van der Waals surface area contributed by atoms with Crippen molar-refractivity contribution in [3.05, 3.63) is 59.7 Å². The number of esters is 1. The minimum Gasteiger partial charge on any atom is -0.449 e. The lowest BCUT2D eigenvalue weighted by molar-refractivity contribution is -0.141. The van der Waals surface area contributed by atoms with E-state index in [-0.39, 0.29) is 6.04 Å². The second-order valence-corrected chi connectivity index (χ2v) is 5.81. The molecule has 0 radical (unpaired) electrons. The van der Waals surface area contributed by atoms with Gasteiger partial charge in [0.15, 0.2) is 0 Å². The summed E-state index contributed by atoms with van der Waals surface area (Å²) in [5, 5.41) is 11.9. The summed E-state index contributed by atoms with van der Waals surface area (Å²) < 4.78 is 4.36. The zero-order valence-corrected chi connectivity index (χ0v) is 13.4. The topological polar surface area (TPSA) is 75.6 Å². The summed E-state index contributed by atoms with van der Waals surface area (Å²) in [5.41, 5.74) is 4.37. The first-order valence-electron chi connectivity index (χ1n) is 7.98. The molecule has 2 aromatic carbocycles. The lowest BCUT2D eigenvalue weighted by Crippen LogP contribution is -2.46. The molecule has 1 aliphatic heterocycles. The molecule has 24 heavy (non-hydrogen) atoms. The Morgan fingerprint density at radius 1 is 1.17 bits per heavy atom. The molecule has 0 aliphatic carbocycles. The van der Waals surface area contributed by atoms with Crippen molar-refractivity contribution in [2.24, 2.45) is 0 Å². The minimum atomic E-state index is -1.57. The van der Waals surface area contributed by atoms with Gasteiger partial charge in [-0.25, -0.2) is 9.59 Å². The Balaban J connectivity index is 2.01. The summed E-state index contributed by atoms with van der Waals surface area (Å²) in [6.07, 6.45) is -0.373. The number of carboxylic acid groups (broad SMARTS) is 1. The van der Waals surface area contributed by atoms with Crippen LogP contribution in [0.5, 0.6) is 0 Å². The highest BCUT2D eigenvalue weighted by atomic mass is 16.7. The summed E-state index contributed by atoms with van der Waals surface area (Å²) >= 11 is 0. The van der Waals surface area contributed by atoms with E-state index in [0.29, 0.717) is 6.42 Å². The van der Waals surface area contributed by atoms with Gasteiger partial charge in [0.1, 0.15) is 6.04 Å². The summed E-state index contributed by atoms with van der Waals surface area (Å²) in [5.74, 6) is -0.755. The van der Waals surface area contributed by atoms with Crippen LogP contribution in [-0.4, -0.2) is 23.3 Å². The maximum atomic E-state index is 12.1. The minimum absolute atomic E-state index is 0.0104. The van der Waals surface area contributed by atoms with Crippen LogP contribution in [0.15, 0.2) is 48.5 Å². The third-order valence-corrected chi connectivity index (χ3v) is 4.36. The molecule has 124 valence electrons. The van der Waals surface area contributed by atoms with Gasteiger partial charge >= 0.3 is 12.1 Å². The van der Waals surface area contributed by atoms with Crippen LogP contribution in [0.2, 0.25) is 0 Å². The zero-order chi connectivity index (χ0) is 17.1. The fraction of sp³-hybridized carbons (Fsp3) is 0.263. The van der Waals surface area contributed by atoms with Crippen LogP contribution in [0.25, 0.3) is 11.1 Å². The molecule has 2 unspecified atom stereocenters. The van der Waals surface area contributed by atoms with Crippen LogP contribution >= 0.6 is 0 Å². The maximum Gasteiger partial charge on any atom is 0.513 e. The number of ether oxygens (including phenoxy) is 1. The second kappa shape index (κ2) is 6.84. The van der Waals surface area contributed by atoms with E-state index in [9.17, 15) is 9.59 Å². The van der Waals surface area contributed by atoms with Crippen molar-refractivity contribution in [3.63, 3.8) is 0 Å². The molecule has 0 saturated heterocycles. The zero-order valence-electron chi connectivity index (χ0n) is 13.4. The number of rotatable bonds is 3. The Kier molecular flexibility index (Phi) is 4.62. The molecular weight excluding hydrogens is 306 g/mol. The second-order valence-electron chi connectivity index (χ2n) is 5.81. The summed E-state index contributed by atoms with van der Waals surface area (Å²) in [4.78, 5) is 22.7. The number of benzene rings is 2. The normalized spacial score (nSPS) is 19.4. The van der Waals surface area contributed by atoms with E-state index in [0.717, 1.165) is 28.7 Å².